The summed E-state index contributed by atoms with van der Waals surface area (Å²) < 4.78 is 16.8. The number of methoxy groups -OCH3 is 1. The molecule has 0 aromatic carbocycles. The van der Waals surface area contributed by atoms with Crippen molar-refractivity contribution in [1.29, 1.82) is 0 Å². The van der Waals surface area contributed by atoms with Gasteiger partial charge in [0, 0.05) is 13.0 Å². The largest absolute Gasteiger partial charge is 0.468 e. The predicted molar refractivity (Wildman–Crippen MR) is 44.7 cm³/mol. The van der Waals surface area contributed by atoms with Gasteiger partial charge in [-0.25, -0.2) is 4.39 Å². The molecule has 0 unspecified atom stereocenters. The van der Waals surface area contributed by atoms with Gasteiger partial charge in [-0.05, 0) is 0 Å². The van der Waals surface area contributed by atoms with Crippen LogP contribution in [0.25, 0.3) is 0 Å². The molecule has 0 saturated carbocycles. The molecule has 0 aromatic rings. The Kier molecular flexibility index (Phi) is 5.62. The SMILES string of the molecule is CC.COC(=O)[C@@H]1C[C@H](F)CN1. The fourth-order valence-electron chi connectivity index (χ4n) is 1.01. The highest BCUT2D eigenvalue weighted by Gasteiger charge is 2.29. The number of nitrogens with one attached hydrogen (secondary N) is 1. The Labute approximate surface area is 72.3 Å². The highest BCUT2D eigenvalue weighted by molar-refractivity contribution is 5.76. The molecular formula is C8H16FNO2. The van der Waals surface area contributed by atoms with Gasteiger partial charge < -0.3 is 10.1 Å². The van der Waals surface area contributed by atoms with Crippen LogP contribution in [0.2, 0.25) is 0 Å². The number of carbonyl (C=O) groups excluding carboxylic acids is 1. The zero-order valence-corrected chi connectivity index (χ0v) is 7.76. The van der Waals surface area contributed by atoms with E-state index in [2.05, 4.69) is 10.1 Å². The van der Waals surface area contributed by atoms with Crippen LogP contribution in [-0.4, -0.2) is 31.8 Å². The van der Waals surface area contributed by atoms with Crippen molar-refractivity contribution in [1.82, 2.24) is 5.32 Å². The summed E-state index contributed by atoms with van der Waals surface area (Å²) >= 11 is 0. The fourth-order valence-corrected chi connectivity index (χ4v) is 1.01. The maximum Gasteiger partial charge on any atom is 0.322 e. The maximum atomic E-state index is 12.4. The van der Waals surface area contributed by atoms with E-state index in [9.17, 15) is 9.18 Å². The van der Waals surface area contributed by atoms with Crippen molar-refractivity contribution < 1.29 is 13.9 Å². The highest BCUT2D eigenvalue weighted by atomic mass is 19.1. The molecule has 1 heterocycles. The summed E-state index contributed by atoms with van der Waals surface area (Å²) in [7, 11) is 1.30. The Balaban J connectivity index is 0.000000561. The molecule has 0 spiro atoms. The van der Waals surface area contributed by atoms with E-state index < -0.39 is 12.2 Å². The van der Waals surface area contributed by atoms with Gasteiger partial charge in [-0.2, -0.15) is 0 Å². The van der Waals surface area contributed by atoms with Crippen LogP contribution in [0.1, 0.15) is 20.3 Å². The lowest BCUT2D eigenvalue weighted by Gasteiger charge is -2.04. The summed E-state index contributed by atoms with van der Waals surface area (Å²) in [5, 5.41) is 2.71. The lowest BCUT2D eigenvalue weighted by molar-refractivity contribution is -0.142. The number of halogens is 1. The molecule has 3 nitrogen and oxygen atoms in total. The van der Waals surface area contributed by atoms with Crippen molar-refractivity contribution in [2.75, 3.05) is 13.7 Å². The molecule has 0 aromatic heterocycles. The van der Waals surface area contributed by atoms with E-state index in [0.29, 0.717) is 0 Å². The second-order valence-corrected chi connectivity index (χ2v) is 2.32. The van der Waals surface area contributed by atoms with Crippen LogP contribution < -0.4 is 5.32 Å². The zero-order valence-electron chi connectivity index (χ0n) is 7.76. The topological polar surface area (TPSA) is 38.3 Å². The van der Waals surface area contributed by atoms with Gasteiger partial charge in [0.1, 0.15) is 12.2 Å². The van der Waals surface area contributed by atoms with Crippen LogP contribution in [-0.2, 0) is 9.53 Å². The van der Waals surface area contributed by atoms with Crippen molar-refractivity contribution in [3.8, 4) is 0 Å². The van der Waals surface area contributed by atoms with E-state index in [-0.39, 0.29) is 18.9 Å². The van der Waals surface area contributed by atoms with E-state index in [0.717, 1.165) is 0 Å². The minimum Gasteiger partial charge on any atom is -0.468 e. The van der Waals surface area contributed by atoms with Gasteiger partial charge in [0.05, 0.1) is 7.11 Å². The van der Waals surface area contributed by atoms with Crippen molar-refractivity contribution in [2.24, 2.45) is 0 Å². The van der Waals surface area contributed by atoms with E-state index in [1.54, 1.807) is 0 Å². The first kappa shape index (κ1) is 11.4. The second-order valence-electron chi connectivity index (χ2n) is 2.32. The standard InChI is InChI=1S/C6H10FNO2.C2H6/c1-10-6(9)5-2-4(7)3-8-5;1-2/h4-5,8H,2-3H2,1H3;1-2H3/t4-,5-;/m0./s1. The predicted octanol–water partition coefficient (Wildman–Crippen LogP) is 0.886. The third-order valence-corrected chi connectivity index (χ3v) is 1.56. The molecule has 12 heavy (non-hydrogen) atoms. The van der Waals surface area contributed by atoms with Crippen LogP contribution in [0.3, 0.4) is 0 Å². The molecule has 1 N–H and O–H groups in total. The lowest BCUT2D eigenvalue weighted by atomic mass is 10.2. The monoisotopic (exact) mass is 177 g/mol. The first-order valence-corrected chi connectivity index (χ1v) is 4.19. The minimum absolute atomic E-state index is 0.243. The van der Waals surface area contributed by atoms with Gasteiger partial charge in [0.15, 0.2) is 0 Å². The maximum absolute atomic E-state index is 12.4. The van der Waals surface area contributed by atoms with Crippen LogP contribution >= 0.6 is 0 Å². The van der Waals surface area contributed by atoms with E-state index in [1.165, 1.54) is 7.11 Å². The van der Waals surface area contributed by atoms with Gasteiger partial charge in [-0.15, -0.1) is 0 Å². The molecular weight excluding hydrogens is 161 g/mol. The number of ether oxygens (including phenoxy) is 1. The molecule has 0 bridgehead atoms. The number of alkyl halides is 1. The lowest BCUT2D eigenvalue weighted by Crippen LogP contribution is -2.31. The normalized spacial score (nSPS) is 27.3. The fraction of sp³-hybridized carbons (Fsp3) is 0.875. The molecule has 1 saturated heterocycles. The first-order chi connectivity index (χ1) is 5.74. The first-order valence-electron chi connectivity index (χ1n) is 4.19. The number of carbonyl (C=O) groups is 1. The molecule has 0 amide bonds. The highest BCUT2D eigenvalue weighted by Crippen LogP contribution is 2.10. The molecule has 0 aliphatic carbocycles. The molecule has 2 atom stereocenters. The Morgan fingerprint density at radius 2 is 2.17 bits per heavy atom. The molecule has 72 valence electrons. The number of rotatable bonds is 1. The summed E-state index contributed by atoms with van der Waals surface area (Å²) in [6.07, 6.45) is -0.656. The van der Waals surface area contributed by atoms with Crippen molar-refractivity contribution >= 4 is 5.97 Å². The van der Waals surface area contributed by atoms with Gasteiger partial charge >= 0.3 is 5.97 Å². The summed E-state index contributed by atoms with van der Waals surface area (Å²) in [6.45, 7) is 4.26. The van der Waals surface area contributed by atoms with Gasteiger partial charge in [-0.1, -0.05) is 13.8 Å². The van der Waals surface area contributed by atoms with Crippen LogP contribution in [0, 0.1) is 0 Å². The quantitative estimate of drug-likeness (QED) is 0.604. The van der Waals surface area contributed by atoms with E-state index in [1.807, 2.05) is 13.8 Å². The molecule has 0 radical (unpaired) electrons. The van der Waals surface area contributed by atoms with E-state index in [4.69, 9.17) is 0 Å². The molecule has 1 rings (SSSR count). The minimum atomic E-state index is -0.899. The number of esters is 1. The summed E-state index contributed by atoms with van der Waals surface area (Å²) in [5.41, 5.74) is 0. The van der Waals surface area contributed by atoms with Crippen molar-refractivity contribution in [3.63, 3.8) is 0 Å². The smallest absolute Gasteiger partial charge is 0.322 e. The third kappa shape index (κ3) is 3.17. The van der Waals surface area contributed by atoms with E-state index >= 15 is 0 Å². The average molecular weight is 177 g/mol. The van der Waals surface area contributed by atoms with Gasteiger partial charge in [0.25, 0.3) is 0 Å². The van der Waals surface area contributed by atoms with Crippen molar-refractivity contribution in [2.45, 2.75) is 32.5 Å². The molecule has 4 heteroatoms. The van der Waals surface area contributed by atoms with Crippen LogP contribution in [0.5, 0.6) is 0 Å². The molecule has 1 aliphatic heterocycles. The number of hydrogen-bond donors (Lipinski definition) is 1. The average Bonchev–Trinajstić information content (AvgIpc) is 2.54. The van der Waals surface area contributed by atoms with Crippen LogP contribution in [0.15, 0.2) is 0 Å². The number of hydrogen-bond acceptors (Lipinski definition) is 3. The summed E-state index contributed by atoms with van der Waals surface area (Å²) in [5.74, 6) is -0.375. The van der Waals surface area contributed by atoms with Crippen LogP contribution in [0.4, 0.5) is 4.39 Å². The Bertz CT molecular complexity index is 141. The van der Waals surface area contributed by atoms with Gasteiger partial charge in [-0.3, -0.25) is 4.79 Å². The summed E-state index contributed by atoms with van der Waals surface area (Å²) in [6, 6.07) is -0.431. The van der Waals surface area contributed by atoms with Gasteiger partial charge in [0.2, 0.25) is 0 Å². The Hall–Kier alpha value is -0.640. The molecule has 1 aliphatic rings. The third-order valence-electron chi connectivity index (χ3n) is 1.56. The summed E-state index contributed by atoms with van der Waals surface area (Å²) in [4.78, 5) is 10.7. The Morgan fingerprint density at radius 1 is 1.58 bits per heavy atom. The zero-order chi connectivity index (χ0) is 9.56. The second kappa shape index (κ2) is 5.94. The molecule has 1 fully saturated rings. The van der Waals surface area contributed by atoms with Crippen molar-refractivity contribution in [3.05, 3.63) is 0 Å². The Morgan fingerprint density at radius 3 is 2.50 bits per heavy atom.